The highest BCUT2D eigenvalue weighted by Crippen LogP contribution is 2.43. The largest absolute Gasteiger partial charge is 0.392 e. The van der Waals surface area contributed by atoms with Crippen LogP contribution < -0.4 is 0 Å². The van der Waals surface area contributed by atoms with E-state index in [4.69, 9.17) is 19.7 Å². The van der Waals surface area contributed by atoms with E-state index in [-0.39, 0.29) is 12.0 Å². The van der Waals surface area contributed by atoms with Crippen LogP contribution in [0.5, 0.6) is 0 Å². The number of hydrogen-bond acceptors (Lipinski definition) is 5. The van der Waals surface area contributed by atoms with Crippen molar-refractivity contribution in [1.29, 1.82) is 0 Å². The highest BCUT2D eigenvalue weighted by molar-refractivity contribution is 5.13. The van der Waals surface area contributed by atoms with Crippen molar-refractivity contribution in [2.45, 2.75) is 50.6 Å². The highest BCUT2D eigenvalue weighted by Gasteiger charge is 2.58. The standard InChI is InChI=1S/C16H21N3O4/c1-16(2)22-14-11(9-21-8-10-6-4-3-5-7-10)13(20)12(18-19-17)15(14)23-16/h3-7,11-15,20H,8-9H2,1-2H3/t11-,12+,13-,14+,15-/m1/s1. The molecule has 1 aromatic carbocycles. The van der Waals surface area contributed by atoms with Crippen molar-refractivity contribution < 1.29 is 19.3 Å². The third kappa shape index (κ3) is 3.34. The fraction of sp³-hybridized carbons (Fsp3) is 0.625. The van der Waals surface area contributed by atoms with E-state index in [1.807, 2.05) is 44.2 Å². The normalized spacial score (nSPS) is 34.8. The van der Waals surface area contributed by atoms with E-state index in [0.717, 1.165) is 5.56 Å². The Balaban J connectivity index is 1.66. The van der Waals surface area contributed by atoms with E-state index in [1.165, 1.54) is 0 Å². The second-order valence-electron chi connectivity index (χ2n) is 6.42. The number of hydrogen-bond donors (Lipinski definition) is 1. The molecule has 3 rings (SSSR count). The summed E-state index contributed by atoms with van der Waals surface area (Å²) in [6.45, 7) is 4.39. The van der Waals surface area contributed by atoms with E-state index >= 15 is 0 Å². The number of rotatable bonds is 5. The maximum Gasteiger partial charge on any atom is 0.163 e. The first kappa shape index (κ1) is 16.2. The third-order valence-corrected chi connectivity index (χ3v) is 4.32. The number of ether oxygens (including phenoxy) is 3. The molecule has 0 aromatic heterocycles. The van der Waals surface area contributed by atoms with E-state index in [0.29, 0.717) is 13.2 Å². The lowest BCUT2D eigenvalue weighted by atomic mass is 10.0. The summed E-state index contributed by atoms with van der Waals surface area (Å²) in [6.07, 6.45) is -1.62. The number of aliphatic hydroxyl groups excluding tert-OH is 1. The Morgan fingerprint density at radius 1 is 1.26 bits per heavy atom. The summed E-state index contributed by atoms with van der Waals surface area (Å²) in [5.74, 6) is -1.04. The maximum absolute atomic E-state index is 10.4. The van der Waals surface area contributed by atoms with Gasteiger partial charge in [-0.05, 0) is 24.9 Å². The minimum atomic E-state index is -0.840. The number of fused-ring (bicyclic) bond motifs is 1. The number of aliphatic hydroxyl groups is 1. The first-order valence-electron chi connectivity index (χ1n) is 7.71. The Labute approximate surface area is 134 Å². The van der Waals surface area contributed by atoms with Gasteiger partial charge in [-0.1, -0.05) is 35.4 Å². The molecule has 7 heteroatoms. The van der Waals surface area contributed by atoms with Crippen LogP contribution in [0.25, 0.3) is 10.4 Å². The van der Waals surface area contributed by atoms with Gasteiger partial charge in [0, 0.05) is 10.8 Å². The second kappa shape index (κ2) is 6.47. The Morgan fingerprint density at radius 3 is 2.65 bits per heavy atom. The summed E-state index contributed by atoms with van der Waals surface area (Å²) in [5.41, 5.74) is 9.79. The Morgan fingerprint density at radius 2 is 1.96 bits per heavy atom. The molecule has 1 aromatic rings. The molecule has 1 heterocycles. The van der Waals surface area contributed by atoms with Gasteiger partial charge in [-0.2, -0.15) is 0 Å². The molecule has 1 aliphatic heterocycles. The first-order valence-corrected chi connectivity index (χ1v) is 7.71. The molecule has 2 fully saturated rings. The molecular formula is C16H21N3O4. The van der Waals surface area contributed by atoms with Crippen molar-refractivity contribution in [3.8, 4) is 0 Å². The van der Waals surface area contributed by atoms with Crippen LogP contribution in [0.15, 0.2) is 35.4 Å². The van der Waals surface area contributed by atoms with Crippen LogP contribution >= 0.6 is 0 Å². The molecule has 1 N–H and O–H groups in total. The molecule has 1 aliphatic carbocycles. The zero-order valence-electron chi connectivity index (χ0n) is 13.2. The molecule has 0 spiro atoms. The predicted molar refractivity (Wildman–Crippen MR) is 82.4 cm³/mol. The van der Waals surface area contributed by atoms with Gasteiger partial charge in [0.1, 0.15) is 0 Å². The molecule has 0 bridgehead atoms. The molecule has 5 atom stereocenters. The predicted octanol–water partition coefficient (Wildman–Crippen LogP) is 2.39. The van der Waals surface area contributed by atoms with Crippen LogP contribution in [0.3, 0.4) is 0 Å². The average molecular weight is 319 g/mol. The van der Waals surface area contributed by atoms with Crippen LogP contribution in [0.4, 0.5) is 0 Å². The number of benzene rings is 1. The van der Waals surface area contributed by atoms with Gasteiger partial charge in [0.05, 0.1) is 37.6 Å². The Bertz CT molecular complexity index is 588. The van der Waals surface area contributed by atoms with Crippen LogP contribution in [-0.4, -0.2) is 41.9 Å². The van der Waals surface area contributed by atoms with Gasteiger partial charge in [-0.25, -0.2) is 0 Å². The quantitative estimate of drug-likeness (QED) is 0.512. The smallest absolute Gasteiger partial charge is 0.163 e. The van der Waals surface area contributed by atoms with Gasteiger partial charge in [0.15, 0.2) is 5.79 Å². The van der Waals surface area contributed by atoms with Crippen molar-refractivity contribution in [2.24, 2.45) is 11.0 Å². The van der Waals surface area contributed by atoms with E-state index in [2.05, 4.69) is 10.0 Å². The topological polar surface area (TPSA) is 96.7 Å². The minimum absolute atomic E-state index is 0.291. The zero-order valence-corrected chi connectivity index (χ0v) is 13.2. The fourth-order valence-electron chi connectivity index (χ4n) is 3.33. The van der Waals surface area contributed by atoms with E-state index in [9.17, 15) is 5.11 Å². The van der Waals surface area contributed by atoms with Crippen LogP contribution in [-0.2, 0) is 20.8 Å². The summed E-state index contributed by atoms with van der Waals surface area (Å²) in [7, 11) is 0. The summed E-state index contributed by atoms with van der Waals surface area (Å²) >= 11 is 0. The van der Waals surface area contributed by atoms with Gasteiger partial charge in [-0.3, -0.25) is 0 Å². The lowest BCUT2D eigenvalue weighted by Gasteiger charge is -2.25. The molecular weight excluding hydrogens is 298 g/mol. The van der Waals surface area contributed by atoms with Crippen molar-refractivity contribution in [1.82, 2.24) is 0 Å². The Hall–Kier alpha value is -1.63. The van der Waals surface area contributed by atoms with Crippen LogP contribution in [0.2, 0.25) is 0 Å². The fourth-order valence-corrected chi connectivity index (χ4v) is 3.33. The van der Waals surface area contributed by atoms with Crippen molar-refractivity contribution in [2.75, 3.05) is 6.61 Å². The summed E-state index contributed by atoms with van der Waals surface area (Å²) in [5, 5.41) is 14.1. The average Bonchev–Trinajstić information content (AvgIpc) is 2.95. The molecule has 23 heavy (non-hydrogen) atoms. The highest BCUT2D eigenvalue weighted by atomic mass is 16.8. The van der Waals surface area contributed by atoms with E-state index in [1.54, 1.807) is 0 Å². The van der Waals surface area contributed by atoms with E-state index < -0.39 is 24.0 Å². The van der Waals surface area contributed by atoms with Gasteiger partial charge >= 0.3 is 0 Å². The van der Waals surface area contributed by atoms with Gasteiger partial charge < -0.3 is 19.3 Å². The summed E-state index contributed by atoms with van der Waals surface area (Å²) in [6, 6.07) is 9.16. The zero-order chi connectivity index (χ0) is 16.4. The molecule has 2 aliphatic rings. The molecule has 1 saturated carbocycles. The minimum Gasteiger partial charge on any atom is -0.392 e. The lowest BCUT2D eigenvalue weighted by molar-refractivity contribution is -0.170. The molecule has 0 amide bonds. The van der Waals surface area contributed by atoms with Gasteiger partial charge in [0.2, 0.25) is 0 Å². The molecule has 1 saturated heterocycles. The van der Waals surface area contributed by atoms with Crippen molar-refractivity contribution >= 4 is 0 Å². The van der Waals surface area contributed by atoms with Gasteiger partial charge in [0.25, 0.3) is 0 Å². The van der Waals surface area contributed by atoms with Crippen molar-refractivity contribution in [3.63, 3.8) is 0 Å². The number of nitrogens with zero attached hydrogens (tertiary/aromatic N) is 3. The molecule has 124 valence electrons. The lowest BCUT2D eigenvalue weighted by Crippen LogP contribution is -2.36. The molecule has 0 unspecified atom stereocenters. The van der Waals surface area contributed by atoms with Crippen molar-refractivity contribution in [3.05, 3.63) is 46.3 Å². The van der Waals surface area contributed by atoms with Crippen LogP contribution in [0, 0.1) is 5.92 Å². The molecule has 0 radical (unpaired) electrons. The molecule has 7 nitrogen and oxygen atoms in total. The Kier molecular flexibility index (Phi) is 4.57. The van der Waals surface area contributed by atoms with Gasteiger partial charge in [-0.15, -0.1) is 0 Å². The third-order valence-electron chi connectivity index (χ3n) is 4.32. The SMILES string of the molecule is CC1(C)O[C@@H]2[C@@H](N=[N+]=[N-])[C@H](O)[C@@H](COCc3ccccc3)[C@@H]2O1. The first-order chi connectivity index (χ1) is 11.0. The summed E-state index contributed by atoms with van der Waals surface area (Å²) in [4.78, 5) is 2.83. The summed E-state index contributed by atoms with van der Waals surface area (Å²) < 4.78 is 17.4. The van der Waals surface area contributed by atoms with Crippen LogP contribution in [0.1, 0.15) is 19.4 Å². The number of azide groups is 1. The monoisotopic (exact) mass is 319 g/mol. The second-order valence-corrected chi connectivity index (χ2v) is 6.42. The maximum atomic E-state index is 10.4.